The summed E-state index contributed by atoms with van der Waals surface area (Å²) in [5, 5.41) is 3.81. The molecule has 6 heteroatoms. The fourth-order valence-corrected chi connectivity index (χ4v) is 10.8. The van der Waals surface area contributed by atoms with Gasteiger partial charge >= 0.3 is 0 Å². The molecule has 6 nitrogen and oxygen atoms in total. The zero-order chi connectivity index (χ0) is 39.0. The van der Waals surface area contributed by atoms with Gasteiger partial charge in [-0.1, -0.05) is 113 Å². The molecule has 0 spiro atoms. The van der Waals surface area contributed by atoms with Gasteiger partial charge in [0.05, 0.1) is 18.3 Å². The van der Waals surface area contributed by atoms with Gasteiger partial charge in [0, 0.05) is 25.2 Å². The maximum Gasteiger partial charge on any atom is 0.0637 e. The van der Waals surface area contributed by atoms with Crippen LogP contribution in [-0.4, -0.2) is 64.3 Å². The lowest BCUT2D eigenvalue weighted by atomic mass is 9.49. The third-order valence-corrected chi connectivity index (χ3v) is 14.2. The van der Waals surface area contributed by atoms with Crippen molar-refractivity contribution in [3.8, 4) is 0 Å². The molecule has 1 unspecified atom stereocenters. The Hall–Kier alpha value is -0.240. The van der Waals surface area contributed by atoms with Crippen LogP contribution >= 0.6 is 0 Å². The number of hydrogen-bond donors (Lipinski definition) is 3. The standard InChI is InChI=1S/C47H95N3O3/c1-9-13-15-16-17-18-19-20-21-32-50-33-22-25-38(5)40-26-27-41-45(43(12-4)52-34-14-10-2)42(37-44(47(40,41)8)53-36-24-31-49)46(6,7)29-28-39(11-3)51-35-23-30-48/h38-45,50H,9-37,48-49H2,1-8H3/t38-,39+,40-,41+,42+,43-,44+,45?,47-/m1/s1. The Labute approximate surface area is 331 Å². The van der Waals surface area contributed by atoms with Crippen LogP contribution in [0, 0.1) is 40.4 Å². The predicted molar refractivity (Wildman–Crippen MR) is 229 cm³/mol. The summed E-state index contributed by atoms with van der Waals surface area (Å²) in [6, 6.07) is 0. The lowest BCUT2D eigenvalue weighted by molar-refractivity contribution is -0.185. The van der Waals surface area contributed by atoms with Crippen LogP contribution in [0.4, 0.5) is 0 Å². The first-order chi connectivity index (χ1) is 25.7. The SMILES string of the molecule is CCCCCCCCCCCNCCC[C@@H](C)[C@H]1CC[C@H]2C([C@@H](CC)OCCCC)[C@@H](C(C)(C)CC[C@H](CC)OCCCN)C[C@H](OCCCN)[C@]12C. The van der Waals surface area contributed by atoms with E-state index in [1.165, 1.54) is 103 Å². The van der Waals surface area contributed by atoms with Crippen molar-refractivity contribution in [2.75, 3.05) is 46.0 Å². The number of rotatable bonds is 34. The van der Waals surface area contributed by atoms with Crippen LogP contribution in [0.1, 0.15) is 197 Å². The van der Waals surface area contributed by atoms with Gasteiger partial charge in [-0.25, -0.2) is 0 Å². The number of hydrogen-bond acceptors (Lipinski definition) is 6. The first-order valence-corrected chi connectivity index (χ1v) is 23.6. The lowest BCUT2D eigenvalue weighted by Gasteiger charge is -2.59. The van der Waals surface area contributed by atoms with Gasteiger partial charge in [0.15, 0.2) is 0 Å². The first kappa shape index (κ1) is 48.9. The van der Waals surface area contributed by atoms with E-state index >= 15 is 0 Å². The quantitative estimate of drug-likeness (QED) is 0.0567. The Bertz CT molecular complexity index is 872. The smallest absolute Gasteiger partial charge is 0.0637 e. The minimum atomic E-state index is 0.161. The first-order valence-electron chi connectivity index (χ1n) is 23.6. The monoisotopic (exact) mass is 750 g/mol. The Balaban J connectivity index is 2.16. The molecule has 0 saturated heterocycles. The summed E-state index contributed by atoms with van der Waals surface area (Å²) in [5.74, 6) is 3.11. The van der Waals surface area contributed by atoms with Gasteiger partial charge in [0.1, 0.15) is 0 Å². The molecule has 2 aliphatic carbocycles. The average Bonchev–Trinajstić information content (AvgIpc) is 3.51. The summed E-state index contributed by atoms with van der Waals surface area (Å²) in [7, 11) is 0. The van der Waals surface area contributed by atoms with E-state index in [-0.39, 0.29) is 16.9 Å². The third-order valence-electron chi connectivity index (χ3n) is 14.2. The molecule has 0 aromatic heterocycles. The highest BCUT2D eigenvalue weighted by Crippen LogP contribution is 2.65. The minimum Gasteiger partial charge on any atom is -0.378 e. The van der Waals surface area contributed by atoms with Gasteiger partial charge in [-0.2, -0.15) is 0 Å². The average molecular weight is 750 g/mol. The molecule has 0 aromatic carbocycles. The maximum atomic E-state index is 7.07. The summed E-state index contributed by atoms with van der Waals surface area (Å²) in [5.41, 5.74) is 12.2. The largest absolute Gasteiger partial charge is 0.378 e. The number of nitrogens with one attached hydrogen (secondary N) is 1. The number of ether oxygens (including phenoxy) is 3. The molecule has 9 atom stereocenters. The highest BCUT2D eigenvalue weighted by molar-refractivity contribution is 5.11. The molecule has 0 amide bonds. The molecule has 316 valence electrons. The van der Waals surface area contributed by atoms with E-state index in [0.717, 1.165) is 71.3 Å². The van der Waals surface area contributed by atoms with Crippen molar-refractivity contribution >= 4 is 0 Å². The number of nitrogens with two attached hydrogens (primary N) is 2. The van der Waals surface area contributed by atoms with Crippen molar-refractivity contribution in [2.24, 2.45) is 51.9 Å². The van der Waals surface area contributed by atoms with Gasteiger partial charge in [-0.15, -0.1) is 0 Å². The Morgan fingerprint density at radius 3 is 1.98 bits per heavy atom. The second-order valence-electron chi connectivity index (χ2n) is 18.5. The van der Waals surface area contributed by atoms with Crippen molar-refractivity contribution < 1.29 is 14.2 Å². The Morgan fingerprint density at radius 1 is 0.717 bits per heavy atom. The molecule has 0 aromatic rings. The highest BCUT2D eigenvalue weighted by atomic mass is 16.5. The molecule has 0 bridgehead atoms. The van der Waals surface area contributed by atoms with Crippen LogP contribution in [0.5, 0.6) is 0 Å². The van der Waals surface area contributed by atoms with Gasteiger partial charge in [-0.3, -0.25) is 0 Å². The summed E-state index contributed by atoms with van der Waals surface area (Å²) in [4.78, 5) is 0. The van der Waals surface area contributed by atoms with Crippen LogP contribution in [0.15, 0.2) is 0 Å². The normalized spacial score (nSPS) is 26.5. The van der Waals surface area contributed by atoms with E-state index in [4.69, 9.17) is 25.7 Å². The van der Waals surface area contributed by atoms with Gasteiger partial charge < -0.3 is 31.0 Å². The van der Waals surface area contributed by atoms with E-state index in [9.17, 15) is 0 Å². The number of fused-ring (bicyclic) bond motifs is 1. The van der Waals surface area contributed by atoms with Gasteiger partial charge in [0.2, 0.25) is 0 Å². The summed E-state index contributed by atoms with van der Waals surface area (Å²) >= 11 is 0. The third kappa shape index (κ3) is 16.3. The zero-order valence-corrected chi connectivity index (χ0v) is 37.0. The van der Waals surface area contributed by atoms with Crippen LogP contribution in [-0.2, 0) is 14.2 Å². The fourth-order valence-electron chi connectivity index (χ4n) is 10.8. The second kappa shape index (κ2) is 28.2. The molecule has 0 heterocycles. The zero-order valence-electron chi connectivity index (χ0n) is 37.0. The van der Waals surface area contributed by atoms with Crippen molar-refractivity contribution in [2.45, 2.75) is 215 Å². The minimum absolute atomic E-state index is 0.161. The summed E-state index contributed by atoms with van der Waals surface area (Å²) in [6.45, 7) is 25.8. The molecular formula is C47H95N3O3. The predicted octanol–water partition coefficient (Wildman–Crippen LogP) is 11.5. The summed E-state index contributed by atoms with van der Waals surface area (Å²) < 4.78 is 20.3. The molecule has 5 N–H and O–H groups in total. The van der Waals surface area contributed by atoms with Crippen LogP contribution < -0.4 is 16.8 Å². The maximum absolute atomic E-state index is 7.07. The molecule has 0 aliphatic heterocycles. The van der Waals surface area contributed by atoms with Crippen LogP contribution in [0.2, 0.25) is 0 Å². The molecule has 2 saturated carbocycles. The van der Waals surface area contributed by atoms with Gasteiger partial charge in [-0.05, 0) is 145 Å². The Kier molecular flexibility index (Phi) is 26.0. The molecule has 0 radical (unpaired) electrons. The van der Waals surface area contributed by atoms with E-state index < -0.39 is 0 Å². The van der Waals surface area contributed by atoms with Crippen molar-refractivity contribution in [1.82, 2.24) is 5.32 Å². The fraction of sp³-hybridized carbons (Fsp3) is 1.00. The molecule has 2 fully saturated rings. The van der Waals surface area contributed by atoms with E-state index in [1.807, 2.05) is 0 Å². The molecular weight excluding hydrogens is 655 g/mol. The molecule has 2 aliphatic rings. The van der Waals surface area contributed by atoms with Crippen molar-refractivity contribution in [3.05, 3.63) is 0 Å². The van der Waals surface area contributed by atoms with E-state index in [2.05, 4.69) is 60.7 Å². The number of unbranched alkanes of at least 4 members (excludes halogenated alkanes) is 9. The van der Waals surface area contributed by atoms with Crippen molar-refractivity contribution in [3.63, 3.8) is 0 Å². The topological polar surface area (TPSA) is 91.8 Å². The lowest BCUT2D eigenvalue weighted by Crippen LogP contribution is -2.58. The van der Waals surface area contributed by atoms with E-state index in [1.54, 1.807) is 0 Å². The summed E-state index contributed by atoms with van der Waals surface area (Å²) in [6.07, 6.45) is 28.5. The molecule has 53 heavy (non-hydrogen) atoms. The molecule has 2 rings (SSSR count). The van der Waals surface area contributed by atoms with E-state index in [0.29, 0.717) is 54.9 Å². The second-order valence-corrected chi connectivity index (χ2v) is 18.5. The van der Waals surface area contributed by atoms with Gasteiger partial charge in [0.25, 0.3) is 0 Å². The Morgan fingerprint density at radius 2 is 1.34 bits per heavy atom. The van der Waals surface area contributed by atoms with Crippen LogP contribution in [0.25, 0.3) is 0 Å². The highest BCUT2D eigenvalue weighted by Gasteiger charge is 2.62. The van der Waals surface area contributed by atoms with Crippen LogP contribution in [0.3, 0.4) is 0 Å². The van der Waals surface area contributed by atoms with Crippen molar-refractivity contribution in [1.29, 1.82) is 0 Å².